The van der Waals surface area contributed by atoms with E-state index in [4.69, 9.17) is 14.2 Å². The maximum Gasteiger partial charge on any atom is 0.349 e. The zero-order valence-corrected chi connectivity index (χ0v) is 16.8. The summed E-state index contributed by atoms with van der Waals surface area (Å²) < 4.78 is 16.3. The van der Waals surface area contributed by atoms with Gasteiger partial charge in [-0.2, -0.15) is 5.26 Å². The van der Waals surface area contributed by atoms with E-state index >= 15 is 0 Å². The van der Waals surface area contributed by atoms with Gasteiger partial charge in [-0.05, 0) is 47.9 Å². The fraction of sp³-hybridized carbons (Fsp3) is 0.120. The van der Waals surface area contributed by atoms with Crippen molar-refractivity contribution < 1.29 is 19.0 Å². The molecule has 0 aliphatic carbocycles. The summed E-state index contributed by atoms with van der Waals surface area (Å²) in [4.78, 5) is 12.2. The second kappa shape index (κ2) is 9.94. The van der Waals surface area contributed by atoms with Crippen LogP contribution in [0.5, 0.6) is 17.2 Å². The number of carbonyl (C=O) groups is 1. The molecule has 0 atom stereocenters. The molecule has 0 aliphatic heterocycles. The van der Waals surface area contributed by atoms with Crippen LogP contribution in [0.3, 0.4) is 0 Å². The van der Waals surface area contributed by atoms with Crippen molar-refractivity contribution in [1.82, 2.24) is 0 Å². The number of methoxy groups -OCH3 is 1. The number of para-hydroxylation sites is 1. The lowest BCUT2D eigenvalue weighted by Gasteiger charge is -2.11. The minimum Gasteiger partial charge on any atom is -0.493 e. The summed E-state index contributed by atoms with van der Waals surface area (Å²) in [5, 5.41) is 9.48. The van der Waals surface area contributed by atoms with Crippen LogP contribution in [0.15, 0.2) is 72.8 Å². The molecule has 0 saturated carbocycles. The average Bonchev–Trinajstić information content (AvgIpc) is 2.78. The summed E-state index contributed by atoms with van der Waals surface area (Å²) in [6.07, 6.45) is 1.75. The third-order valence-electron chi connectivity index (χ3n) is 4.37. The summed E-state index contributed by atoms with van der Waals surface area (Å²) in [6, 6.07) is 24.1. The highest BCUT2D eigenvalue weighted by Crippen LogP contribution is 2.30. The minimum atomic E-state index is -0.540. The molecule has 0 amide bonds. The van der Waals surface area contributed by atoms with Crippen molar-refractivity contribution in [2.24, 2.45) is 0 Å². The normalized spacial score (nSPS) is 10.8. The van der Waals surface area contributed by atoms with E-state index in [1.807, 2.05) is 55.5 Å². The molecular formula is C25H21NO4. The van der Waals surface area contributed by atoms with Crippen molar-refractivity contribution in [3.05, 3.63) is 89.5 Å². The van der Waals surface area contributed by atoms with Gasteiger partial charge in [0.2, 0.25) is 0 Å². The van der Waals surface area contributed by atoms with Crippen molar-refractivity contribution in [1.29, 1.82) is 5.26 Å². The van der Waals surface area contributed by atoms with E-state index in [2.05, 4.69) is 6.07 Å². The fourth-order valence-electron chi connectivity index (χ4n) is 2.83. The van der Waals surface area contributed by atoms with Crippen molar-refractivity contribution in [3.8, 4) is 23.3 Å². The highest BCUT2D eigenvalue weighted by molar-refractivity contribution is 5.89. The monoisotopic (exact) mass is 399 g/mol. The van der Waals surface area contributed by atoms with Crippen molar-refractivity contribution in [3.63, 3.8) is 0 Å². The largest absolute Gasteiger partial charge is 0.493 e. The van der Waals surface area contributed by atoms with Crippen LogP contribution in [0.4, 0.5) is 0 Å². The molecule has 0 unspecified atom stereocenters. The molecule has 5 nitrogen and oxygen atoms in total. The molecule has 0 heterocycles. The molecule has 3 aromatic rings. The van der Waals surface area contributed by atoms with Crippen molar-refractivity contribution in [2.45, 2.75) is 6.92 Å². The Morgan fingerprint density at radius 2 is 1.70 bits per heavy atom. The molecule has 5 heteroatoms. The average molecular weight is 399 g/mol. The van der Waals surface area contributed by atoms with Gasteiger partial charge in [0.15, 0.2) is 18.1 Å². The number of esters is 1. The third kappa shape index (κ3) is 5.27. The number of nitriles is 1. The Bertz CT molecular complexity index is 1100. The molecule has 0 spiro atoms. The Hall–Kier alpha value is -4.04. The Morgan fingerprint density at radius 3 is 2.40 bits per heavy atom. The van der Waals surface area contributed by atoms with Crippen LogP contribution >= 0.6 is 0 Å². The van der Waals surface area contributed by atoms with Gasteiger partial charge in [-0.3, -0.25) is 0 Å². The molecule has 0 N–H and O–H groups in total. The number of hydrogen-bond donors (Lipinski definition) is 0. The first kappa shape index (κ1) is 20.7. The van der Waals surface area contributed by atoms with E-state index in [1.54, 1.807) is 30.3 Å². The van der Waals surface area contributed by atoms with Crippen molar-refractivity contribution >= 4 is 17.6 Å². The maximum absolute atomic E-state index is 12.2. The topological polar surface area (TPSA) is 68.5 Å². The van der Waals surface area contributed by atoms with E-state index in [-0.39, 0.29) is 12.4 Å². The predicted octanol–water partition coefficient (Wildman–Crippen LogP) is 5.05. The lowest BCUT2D eigenvalue weighted by atomic mass is 10.0. The number of carbonyl (C=O) groups excluding carboxylic acids is 1. The molecule has 150 valence electrons. The molecule has 0 aromatic heterocycles. The molecular weight excluding hydrogens is 378 g/mol. The van der Waals surface area contributed by atoms with E-state index in [0.29, 0.717) is 17.1 Å². The number of hydrogen-bond acceptors (Lipinski definition) is 5. The van der Waals surface area contributed by atoms with Crippen LogP contribution in [-0.2, 0) is 4.79 Å². The van der Waals surface area contributed by atoms with Crippen LogP contribution in [0.1, 0.15) is 16.7 Å². The molecule has 30 heavy (non-hydrogen) atoms. The highest BCUT2D eigenvalue weighted by atomic mass is 16.6. The van der Waals surface area contributed by atoms with Gasteiger partial charge < -0.3 is 14.2 Å². The Balaban J connectivity index is 1.72. The lowest BCUT2D eigenvalue weighted by molar-refractivity contribution is -0.136. The van der Waals surface area contributed by atoms with Gasteiger partial charge in [-0.1, -0.05) is 54.6 Å². The first-order chi connectivity index (χ1) is 14.6. The van der Waals surface area contributed by atoms with Gasteiger partial charge >= 0.3 is 5.97 Å². The summed E-state index contributed by atoms with van der Waals surface area (Å²) in [5.41, 5.74) is 3.03. The van der Waals surface area contributed by atoms with Gasteiger partial charge in [0, 0.05) is 0 Å². The lowest BCUT2D eigenvalue weighted by Crippen LogP contribution is -2.18. The van der Waals surface area contributed by atoms with Gasteiger partial charge in [0.25, 0.3) is 0 Å². The summed E-state index contributed by atoms with van der Waals surface area (Å²) in [7, 11) is 1.49. The SMILES string of the molecule is COc1cc(/C=C(\C#N)c2ccccc2)ccc1OC(=O)COc1ccccc1C. The number of ether oxygens (including phenoxy) is 3. The molecule has 0 fully saturated rings. The summed E-state index contributed by atoms with van der Waals surface area (Å²) in [6.45, 7) is 1.68. The van der Waals surface area contributed by atoms with Crippen molar-refractivity contribution in [2.75, 3.05) is 13.7 Å². The standard InChI is InChI=1S/C25H21NO4/c1-18-8-6-7-11-22(18)29-17-25(27)30-23-13-12-19(15-24(23)28-2)14-21(16-26)20-9-4-3-5-10-20/h3-15H,17H2,1-2H3/b21-14+. The molecule has 0 aliphatic rings. The summed E-state index contributed by atoms with van der Waals surface area (Å²) in [5.74, 6) is 0.762. The van der Waals surface area contributed by atoms with Crippen LogP contribution < -0.4 is 14.2 Å². The summed E-state index contributed by atoms with van der Waals surface area (Å²) >= 11 is 0. The van der Waals surface area contributed by atoms with Crippen LogP contribution in [-0.4, -0.2) is 19.7 Å². The zero-order chi connectivity index (χ0) is 21.3. The van der Waals surface area contributed by atoms with E-state index in [9.17, 15) is 10.1 Å². The van der Waals surface area contributed by atoms with E-state index in [1.165, 1.54) is 7.11 Å². The van der Waals surface area contributed by atoms with Crippen LogP contribution in [0.2, 0.25) is 0 Å². The number of nitrogens with zero attached hydrogens (tertiary/aromatic N) is 1. The second-order valence-electron chi connectivity index (χ2n) is 6.47. The quantitative estimate of drug-likeness (QED) is 0.241. The van der Waals surface area contributed by atoms with Crippen LogP contribution in [0.25, 0.3) is 11.6 Å². The van der Waals surface area contributed by atoms with Gasteiger partial charge in [-0.25, -0.2) is 4.79 Å². The Morgan fingerprint density at radius 1 is 0.967 bits per heavy atom. The second-order valence-corrected chi connectivity index (χ2v) is 6.47. The molecule has 0 bridgehead atoms. The minimum absolute atomic E-state index is 0.220. The molecule has 3 rings (SSSR count). The van der Waals surface area contributed by atoms with Crippen LogP contribution in [0, 0.1) is 18.3 Å². The number of rotatable bonds is 7. The Labute approximate surface area is 175 Å². The van der Waals surface area contributed by atoms with E-state index in [0.717, 1.165) is 16.7 Å². The zero-order valence-electron chi connectivity index (χ0n) is 16.8. The predicted molar refractivity (Wildman–Crippen MR) is 115 cm³/mol. The first-order valence-electron chi connectivity index (χ1n) is 9.35. The Kier molecular flexibility index (Phi) is 6.86. The number of aryl methyl sites for hydroxylation is 1. The van der Waals surface area contributed by atoms with Gasteiger partial charge in [0.05, 0.1) is 18.8 Å². The maximum atomic E-state index is 12.2. The molecule has 0 radical (unpaired) electrons. The van der Waals surface area contributed by atoms with E-state index < -0.39 is 5.97 Å². The number of benzene rings is 3. The number of allylic oxidation sites excluding steroid dienone is 1. The first-order valence-corrected chi connectivity index (χ1v) is 9.35. The molecule has 3 aromatic carbocycles. The smallest absolute Gasteiger partial charge is 0.349 e. The fourth-order valence-corrected chi connectivity index (χ4v) is 2.83. The third-order valence-corrected chi connectivity index (χ3v) is 4.37. The molecule has 0 saturated heterocycles. The van der Waals surface area contributed by atoms with Gasteiger partial charge in [-0.15, -0.1) is 0 Å². The van der Waals surface area contributed by atoms with Gasteiger partial charge in [0.1, 0.15) is 5.75 Å². The highest BCUT2D eigenvalue weighted by Gasteiger charge is 2.12.